The van der Waals surface area contributed by atoms with E-state index in [-0.39, 0.29) is 11.1 Å². The first-order chi connectivity index (χ1) is 12.0. The molecule has 3 aromatic rings. The van der Waals surface area contributed by atoms with Crippen molar-refractivity contribution in [3.63, 3.8) is 0 Å². The van der Waals surface area contributed by atoms with E-state index in [1.807, 2.05) is 30.3 Å². The molecule has 4 rings (SSSR count). The summed E-state index contributed by atoms with van der Waals surface area (Å²) in [5, 5.41) is 9.75. The second-order valence-electron chi connectivity index (χ2n) is 5.92. The molecule has 2 heterocycles. The van der Waals surface area contributed by atoms with Crippen LogP contribution in [0.3, 0.4) is 0 Å². The van der Waals surface area contributed by atoms with Crippen LogP contribution in [0.4, 0.5) is 0 Å². The molecule has 0 unspecified atom stereocenters. The molecule has 1 aliphatic rings. The second-order valence-corrected chi connectivity index (χ2v) is 6.36. The number of fused-ring (bicyclic) bond motifs is 2. The number of nitrogens with zero attached hydrogens (tertiary/aromatic N) is 2. The zero-order valence-electron chi connectivity index (χ0n) is 13.1. The van der Waals surface area contributed by atoms with Gasteiger partial charge in [0.2, 0.25) is 0 Å². The molecule has 0 bridgehead atoms. The van der Waals surface area contributed by atoms with Crippen LogP contribution in [-0.4, -0.2) is 20.5 Å². The van der Waals surface area contributed by atoms with Crippen molar-refractivity contribution in [2.45, 2.75) is 12.8 Å². The molecule has 1 aliphatic carbocycles. The van der Waals surface area contributed by atoms with Gasteiger partial charge in [0.25, 0.3) is 5.56 Å². The van der Waals surface area contributed by atoms with Crippen molar-refractivity contribution in [1.82, 2.24) is 9.38 Å². The molecule has 5 nitrogen and oxygen atoms in total. The van der Waals surface area contributed by atoms with Gasteiger partial charge in [-0.3, -0.25) is 9.20 Å². The fourth-order valence-corrected chi connectivity index (χ4v) is 3.31. The van der Waals surface area contributed by atoms with Crippen molar-refractivity contribution in [3.05, 3.63) is 80.4 Å². The van der Waals surface area contributed by atoms with Gasteiger partial charge in [0.1, 0.15) is 5.65 Å². The molecule has 0 amide bonds. The van der Waals surface area contributed by atoms with Gasteiger partial charge < -0.3 is 5.11 Å². The summed E-state index contributed by atoms with van der Waals surface area (Å²) in [6.07, 6.45) is 4.62. The number of carboxylic acid groups (broad SMARTS) is 1. The fourth-order valence-electron chi connectivity index (χ4n) is 3.11. The van der Waals surface area contributed by atoms with Crippen LogP contribution in [0.2, 0.25) is 5.02 Å². The summed E-state index contributed by atoms with van der Waals surface area (Å²) in [5.41, 5.74) is 3.54. The topological polar surface area (TPSA) is 71.7 Å². The minimum Gasteiger partial charge on any atom is -0.478 e. The smallest absolute Gasteiger partial charge is 0.337 e. The summed E-state index contributed by atoms with van der Waals surface area (Å²) in [4.78, 5) is 28.4. The Morgan fingerprint density at radius 2 is 2.08 bits per heavy atom. The molecule has 0 fully saturated rings. The van der Waals surface area contributed by atoms with Gasteiger partial charge in [-0.25, -0.2) is 9.78 Å². The lowest BCUT2D eigenvalue weighted by Gasteiger charge is -2.06. The number of hydrogen-bond acceptors (Lipinski definition) is 3. The van der Waals surface area contributed by atoms with Crippen molar-refractivity contribution < 1.29 is 9.90 Å². The second kappa shape index (κ2) is 5.86. The number of aromatic nitrogens is 2. The largest absolute Gasteiger partial charge is 0.478 e. The molecule has 0 saturated heterocycles. The van der Waals surface area contributed by atoms with Gasteiger partial charge in [0.15, 0.2) is 0 Å². The van der Waals surface area contributed by atoms with Crippen LogP contribution in [0, 0.1) is 0 Å². The zero-order chi connectivity index (χ0) is 17.6. The van der Waals surface area contributed by atoms with E-state index in [1.165, 1.54) is 16.7 Å². The van der Waals surface area contributed by atoms with Gasteiger partial charge in [0.05, 0.1) is 11.3 Å². The average Bonchev–Trinajstić information content (AvgIpc) is 2.98. The summed E-state index contributed by atoms with van der Waals surface area (Å²) < 4.78 is 1.31. The molecule has 0 saturated carbocycles. The maximum absolute atomic E-state index is 12.7. The number of aromatic carboxylic acids is 1. The average molecular weight is 353 g/mol. The number of hydrogen-bond donors (Lipinski definition) is 1. The Balaban J connectivity index is 1.88. The number of benzene rings is 1. The van der Waals surface area contributed by atoms with Crippen LogP contribution >= 0.6 is 11.6 Å². The lowest BCUT2D eigenvalue weighted by atomic mass is 10.1. The van der Waals surface area contributed by atoms with Gasteiger partial charge in [-0.15, -0.1) is 0 Å². The van der Waals surface area contributed by atoms with Crippen molar-refractivity contribution in [2.75, 3.05) is 0 Å². The molecule has 124 valence electrons. The summed E-state index contributed by atoms with van der Waals surface area (Å²) in [6.45, 7) is 0. The Bertz CT molecular complexity index is 1120. The quantitative estimate of drug-likeness (QED) is 0.765. The summed E-state index contributed by atoms with van der Waals surface area (Å²) >= 11 is 6.03. The first-order valence-corrected chi connectivity index (χ1v) is 8.16. The predicted octanol–water partition coefficient (Wildman–Crippen LogP) is 3.53. The highest BCUT2D eigenvalue weighted by molar-refractivity contribution is 6.30. The predicted molar refractivity (Wildman–Crippen MR) is 96.1 cm³/mol. The molecule has 1 N–H and O–H groups in total. The van der Waals surface area contributed by atoms with Crippen LogP contribution in [-0.2, 0) is 6.42 Å². The molecular weight excluding hydrogens is 340 g/mol. The molecule has 25 heavy (non-hydrogen) atoms. The zero-order valence-corrected chi connectivity index (χ0v) is 13.8. The lowest BCUT2D eigenvalue weighted by molar-refractivity contribution is 0.0696. The normalized spacial score (nSPS) is 14.8. The first kappa shape index (κ1) is 15.6. The summed E-state index contributed by atoms with van der Waals surface area (Å²) in [6, 6.07) is 10.5. The SMILES string of the molecule is O=C(O)c1ccc2nc3c(c(=O)n2c1)CCC3=Cc1cccc(Cl)c1. The number of pyridine rings is 1. The van der Waals surface area contributed by atoms with Crippen LogP contribution < -0.4 is 5.56 Å². The molecule has 6 heteroatoms. The van der Waals surface area contributed by atoms with Gasteiger partial charge >= 0.3 is 5.97 Å². The van der Waals surface area contributed by atoms with E-state index in [9.17, 15) is 9.59 Å². The van der Waals surface area contributed by atoms with E-state index in [0.29, 0.717) is 34.8 Å². The Hall–Kier alpha value is -2.92. The third-order valence-electron chi connectivity index (χ3n) is 4.30. The third-order valence-corrected chi connectivity index (χ3v) is 4.54. The van der Waals surface area contributed by atoms with E-state index >= 15 is 0 Å². The minimum absolute atomic E-state index is 0.0593. The minimum atomic E-state index is -1.07. The molecule has 0 spiro atoms. The van der Waals surface area contributed by atoms with Gasteiger partial charge in [-0.05, 0) is 54.3 Å². The maximum atomic E-state index is 12.7. The van der Waals surface area contributed by atoms with Crippen LogP contribution in [0.25, 0.3) is 17.3 Å². The van der Waals surface area contributed by atoms with Gasteiger partial charge in [-0.1, -0.05) is 23.7 Å². The highest BCUT2D eigenvalue weighted by atomic mass is 35.5. The van der Waals surface area contributed by atoms with Crippen molar-refractivity contribution in [2.24, 2.45) is 0 Å². The lowest BCUT2D eigenvalue weighted by Crippen LogP contribution is -2.20. The molecule has 0 atom stereocenters. The summed E-state index contributed by atoms with van der Waals surface area (Å²) in [7, 11) is 0. The highest BCUT2D eigenvalue weighted by Gasteiger charge is 2.23. The number of allylic oxidation sites excluding steroid dienone is 1. The number of carbonyl (C=O) groups is 1. The van der Waals surface area contributed by atoms with Crippen LogP contribution in [0.15, 0.2) is 47.4 Å². The molecule has 1 aromatic carbocycles. The van der Waals surface area contributed by atoms with E-state index in [0.717, 1.165) is 11.1 Å². The standard InChI is InChI=1S/C19H13ClN2O3/c20-14-3-1-2-11(9-14)8-12-4-6-15-17(12)21-16-7-5-13(19(24)25)10-22(16)18(15)23/h1-3,5,7-10H,4,6H2,(H,24,25). The highest BCUT2D eigenvalue weighted by Crippen LogP contribution is 2.31. The van der Waals surface area contributed by atoms with Crippen molar-refractivity contribution in [3.8, 4) is 0 Å². The molecular formula is C19H13ClN2O3. The molecule has 0 radical (unpaired) electrons. The van der Waals surface area contributed by atoms with E-state index in [2.05, 4.69) is 4.98 Å². The molecule has 2 aromatic heterocycles. The first-order valence-electron chi connectivity index (χ1n) is 7.78. The third kappa shape index (κ3) is 2.72. The Labute approximate surface area is 147 Å². The van der Waals surface area contributed by atoms with Crippen LogP contribution in [0.5, 0.6) is 0 Å². The van der Waals surface area contributed by atoms with E-state index in [4.69, 9.17) is 16.7 Å². The van der Waals surface area contributed by atoms with Gasteiger partial charge in [0, 0.05) is 16.8 Å². The number of rotatable bonds is 2. The Morgan fingerprint density at radius 3 is 2.84 bits per heavy atom. The number of halogens is 1. The molecule has 0 aliphatic heterocycles. The van der Waals surface area contributed by atoms with Crippen molar-refractivity contribution in [1.29, 1.82) is 0 Å². The van der Waals surface area contributed by atoms with E-state index < -0.39 is 5.97 Å². The maximum Gasteiger partial charge on any atom is 0.337 e. The van der Waals surface area contributed by atoms with E-state index in [1.54, 1.807) is 6.07 Å². The van der Waals surface area contributed by atoms with Crippen molar-refractivity contribution >= 4 is 34.9 Å². The Morgan fingerprint density at radius 1 is 1.24 bits per heavy atom. The summed E-state index contributed by atoms with van der Waals surface area (Å²) in [5.74, 6) is -1.07. The number of carboxylic acids is 1. The van der Waals surface area contributed by atoms with Crippen LogP contribution in [0.1, 0.15) is 33.6 Å². The Kier molecular flexibility index (Phi) is 3.66. The monoisotopic (exact) mass is 352 g/mol. The van der Waals surface area contributed by atoms with Gasteiger partial charge in [-0.2, -0.15) is 0 Å². The fraction of sp³-hybridized carbons (Fsp3) is 0.105.